The first kappa shape index (κ1) is 8.83. The van der Waals surface area contributed by atoms with Crippen molar-refractivity contribution in [3.63, 3.8) is 0 Å². The van der Waals surface area contributed by atoms with Gasteiger partial charge in [0.15, 0.2) is 0 Å². The Morgan fingerprint density at radius 3 is 2.71 bits per heavy atom. The van der Waals surface area contributed by atoms with Crippen LogP contribution in [0.5, 0.6) is 0 Å². The van der Waals surface area contributed by atoms with Crippen LogP contribution in [0.15, 0.2) is 17.7 Å². The van der Waals surface area contributed by atoms with Gasteiger partial charge in [-0.25, -0.2) is 0 Å². The molecule has 0 radical (unpaired) electrons. The van der Waals surface area contributed by atoms with E-state index in [-0.39, 0.29) is 0 Å². The van der Waals surface area contributed by atoms with E-state index in [0.29, 0.717) is 4.59 Å². The molecule has 66 valence electrons. The number of hydrogen-bond acceptors (Lipinski definition) is 0. The number of benzene rings is 1. The third kappa shape index (κ3) is 1.14. The van der Waals surface area contributed by atoms with Crippen molar-refractivity contribution < 1.29 is 0 Å². The number of allylic oxidation sites excluding steroid dienone is 1. The van der Waals surface area contributed by atoms with Crippen molar-refractivity contribution in [2.24, 2.45) is 0 Å². The van der Waals surface area contributed by atoms with Crippen molar-refractivity contribution in [2.45, 2.75) is 30.8 Å². The zero-order chi connectivity index (χ0) is 9.71. The Kier molecular flexibility index (Phi) is 1.91. The predicted molar refractivity (Wildman–Crippen MR) is 60.6 cm³/mol. The van der Waals surface area contributed by atoms with Gasteiger partial charge in [-0.1, -0.05) is 0 Å². The first-order chi connectivity index (χ1) is 6.75. The van der Waals surface area contributed by atoms with Gasteiger partial charge in [0.05, 0.1) is 0 Å². The summed E-state index contributed by atoms with van der Waals surface area (Å²) in [6, 6.07) is 4.88. The van der Waals surface area contributed by atoms with Crippen LogP contribution in [0.2, 0.25) is 0 Å². The number of aryl methyl sites for hydroxylation is 2. The third-order valence-electron chi connectivity index (χ3n) is 3.83. The van der Waals surface area contributed by atoms with E-state index >= 15 is 0 Å². The van der Waals surface area contributed by atoms with Crippen LogP contribution in [-0.4, -0.2) is 17.7 Å². The maximum absolute atomic E-state index is 2.45. The van der Waals surface area contributed by atoms with E-state index in [1.165, 1.54) is 30.4 Å². The number of rotatable bonds is 0. The quantitative estimate of drug-likeness (QED) is 0.533. The summed E-state index contributed by atoms with van der Waals surface area (Å²) in [6.45, 7) is 2.25. The van der Waals surface area contributed by atoms with Gasteiger partial charge in [0.25, 0.3) is 0 Å². The van der Waals surface area contributed by atoms with Crippen molar-refractivity contribution >= 4 is 23.8 Å². The van der Waals surface area contributed by atoms with Gasteiger partial charge in [0, 0.05) is 0 Å². The van der Waals surface area contributed by atoms with E-state index in [1.807, 2.05) is 0 Å². The van der Waals surface area contributed by atoms with E-state index in [2.05, 4.69) is 42.8 Å². The Balaban J connectivity index is 2.19. The van der Waals surface area contributed by atoms with Gasteiger partial charge < -0.3 is 0 Å². The Morgan fingerprint density at radius 2 is 1.93 bits per heavy atom. The Bertz CT molecular complexity index is 429. The van der Waals surface area contributed by atoms with E-state index in [4.69, 9.17) is 0 Å². The molecule has 0 N–H and O–H groups in total. The normalized spacial score (nSPS) is 23.4. The van der Waals surface area contributed by atoms with Crippen LogP contribution >= 0.6 is 0 Å². The fraction of sp³-hybridized carbons (Fsp3) is 0.385. The molecule has 1 aromatic carbocycles. The predicted octanol–water partition coefficient (Wildman–Crippen LogP) is 2.80. The fourth-order valence-electron chi connectivity index (χ4n) is 2.78. The van der Waals surface area contributed by atoms with Gasteiger partial charge in [0.2, 0.25) is 0 Å². The van der Waals surface area contributed by atoms with Crippen molar-refractivity contribution in [3.8, 4) is 0 Å². The molecule has 1 unspecified atom stereocenters. The molecule has 1 atom stereocenters. The molecule has 1 aromatic rings. The summed E-state index contributed by atoms with van der Waals surface area (Å²) in [5.41, 5.74) is 7.77. The van der Waals surface area contributed by atoms with E-state index in [0.717, 1.165) is 0 Å². The van der Waals surface area contributed by atoms with Crippen LogP contribution < -0.4 is 0 Å². The molecule has 0 spiro atoms. The Labute approximate surface area is 94.6 Å². The topological polar surface area (TPSA) is 0 Å². The van der Waals surface area contributed by atoms with Gasteiger partial charge in [-0.15, -0.1) is 0 Å². The molecule has 14 heavy (non-hydrogen) atoms. The third-order valence-corrected chi connectivity index (χ3v) is 3.83. The Morgan fingerprint density at radius 1 is 1.21 bits per heavy atom. The van der Waals surface area contributed by atoms with Crippen LogP contribution in [0.1, 0.15) is 40.2 Å². The summed E-state index contributed by atoms with van der Waals surface area (Å²) >= 11 is 2.32. The van der Waals surface area contributed by atoms with Crippen molar-refractivity contribution in [1.29, 1.82) is 0 Å². The number of hydrogen-bond donors (Lipinski definition) is 0. The van der Waals surface area contributed by atoms with E-state index in [9.17, 15) is 0 Å². The van der Waals surface area contributed by atoms with Crippen LogP contribution in [0.3, 0.4) is 0 Å². The molecular weight excluding hydrogens is 163 g/mol. The van der Waals surface area contributed by atoms with Crippen LogP contribution in [-0.2, 0) is 12.8 Å². The van der Waals surface area contributed by atoms with Crippen LogP contribution in [0.25, 0.3) is 6.08 Å². The summed E-state index contributed by atoms with van der Waals surface area (Å²) in [7, 11) is 0. The molecule has 0 fully saturated rings. The first-order valence-electron chi connectivity index (χ1n) is 5.59. The molecule has 0 bridgehead atoms. The van der Waals surface area contributed by atoms with E-state index < -0.39 is 0 Å². The average molecular weight is 176 g/mol. The monoisotopic (exact) mass is 176 g/mol. The minimum atomic E-state index is 0.649. The molecule has 2 aliphatic carbocycles. The van der Waals surface area contributed by atoms with Crippen molar-refractivity contribution in [1.82, 2.24) is 0 Å². The van der Waals surface area contributed by atoms with E-state index in [1.54, 1.807) is 16.7 Å². The Hall–Kier alpha value is -0.443. The molecule has 0 heterocycles. The standard InChI is InChI=1S/C13H13.Li/c1-9-5-12-7-10-3-2-4-11(10)8-13(12)6-9;/h5-8H,2-4H2,1H3;. The summed E-state index contributed by atoms with van der Waals surface area (Å²) in [4.78, 5) is 0. The molecule has 0 aliphatic heterocycles. The molecule has 3 rings (SSSR count). The summed E-state index contributed by atoms with van der Waals surface area (Å²) in [6.07, 6.45) is 6.31. The first-order valence-corrected chi connectivity index (χ1v) is 5.59. The van der Waals surface area contributed by atoms with Crippen LogP contribution in [0, 0.1) is 0 Å². The SMILES string of the molecule is [Li][CH]1C(C)=Cc2cc3c(cc21)CCC3. The van der Waals surface area contributed by atoms with Gasteiger partial charge in [-0.2, -0.15) is 0 Å². The van der Waals surface area contributed by atoms with Gasteiger partial charge in [0.1, 0.15) is 0 Å². The number of fused-ring (bicyclic) bond motifs is 2. The second-order valence-corrected chi connectivity index (χ2v) is 4.71. The summed E-state index contributed by atoms with van der Waals surface area (Å²) in [5, 5.41) is 0. The molecule has 0 amide bonds. The van der Waals surface area contributed by atoms with Gasteiger partial charge in [-0.05, 0) is 0 Å². The summed E-state index contributed by atoms with van der Waals surface area (Å²) in [5.74, 6) is 0. The van der Waals surface area contributed by atoms with Crippen molar-refractivity contribution in [3.05, 3.63) is 40.0 Å². The van der Waals surface area contributed by atoms with Gasteiger partial charge in [-0.3, -0.25) is 0 Å². The molecule has 0 saturated heterocycles. The second-order valence-electron chi connectivity index (χ2n) is 4.71. The second kappa shape index (κ2) is 3.02. The summed E-state index contributed by atoms with van der Waals surface area (Å²) < 4.78 is 0.649. The fourth-order valence-corrected chi connectivity index (χ4v) is 2.78. The molecular formula is C13H13Li. The maximum atomic E-state index is 2.45. The van der Waals surface area contributed by atoms with Crippen molar-refractivity contribution in [2.75, 3.05) is 0 Å². The molecule has 1 heteroatoms. The van der Waals surface area contributed by atoms with Gasteiger partial charge >= 0.3 is 94.5 Å². The average Bonchev–Trinajstić information content (AvgIpc) is 2.70. The molecule has 0 aromatic heterocycles. The zero-order valence-electron chi connectivity index (χ0n) is 8.93. The molecule has 0 nitrogen and oxygen atoms in total. The van der Waals surface area contributed by atoms with Crippen LogP contribution in [0.4, 0.5) is 0 Å². The zero-order valence-corrected chi connectivity index (χ0v) is 8.93. The molecule has 2 aliphatic rings. The minimum absolute atomic E-state index is 0.649. The molecule has 0 saturated carbocycles.